The largest absolute Gasteiger partial charge is 0.298 e. The summed E-state index contributed by atoms with van der Waals surface area (Å²) in [6, 6.07) is 8.97. The Morgan fingerprint density at radius 1 is 1.00 bits per heavy atom. The molecule has 2 rings (SSSR count). The van der Waals surface area contributed by atoms with Gasteiger partial charge in [0.25, 0.3) is 0 Å². The van der Waals surface area contributed by atoms with E-state index in [1.165, 1.54) is 4.57 Å². The van der Waals surface area contributed by atoms with Crippen LogP contribution < -0.4 is 0 Å². The highest BCUT2D eigenvalue weighted by Gasteiger charge is 2.20. The first-order valence-corrected chi connectivity index (χ1v) is 5.51. The Morgan fingerprint density at radius 3 is 2.18 bits per heavy atom. The molecule has 0 fully saturated rings. The van der Waals surface area contributed by atoms with Crippen molar-refractivity contribution in [3.8, 4) is 5.69 Å². The summed E-state index contributed by atoms with van der Waals surface area (Å²) in [5.41, 5.74) is 0.971. The summed E-state index contributed by atoms with van der Waals surface area (Å²) < 4.78 is 1.45. The van der Waals surface area contributed by atoms with Gasteiger partial charge in [0.2, 0.25) is 0 Å². The van der Waals surface area contributed by atoms with Gasteiger partial charge in [-0.05, 0) is 12.1 Å². The van der Waals surface area contributed by atoms with Crippen LogP contribution in [0.25, 0.3) is 5.69 Å². The summed E-state index contributed by atoms with van der Waals surface area (Å²) in [6.45, 7) is 0. The summed E-state index contributed by atoms with van der Waals surface area (Å²) in [5.74, 6) is 0. The number of halogens is 2. The number of hydrogen-bond acceptors (Lipinski definition) is 2. The van der Waals surface area contributed by atoms with Crippen molar-refractivity contribution >= 4 is 35.8 Å². The van der Waals surface area contributed by atoms with E-state index in [2.05, 4.69) is 0 Å². The maximum atomic E-state index is 11.0. The van der Waals surface area contributed by atoms with Crippen molar-refractivity contribution < 1.29 is 9.59 Å². The van der Waals surface area contributed by atoms with Gasteiger partial charge in [-0.1, -0.05) is 41.4 Å². The zero-order valence-electron chi connectivity index (χ0n) is 8.56. The van der Waals surface area contributed by atoms with Crippen molar-refractivity contribution in [1.29, 1.82) is 0 Å². The maximum absolute atomic E-state index is 11.0. The van der Waals surface area contributed by atoms with E-state index in [1.807, 2.05) is 6.07 Å². The first-order chi connectivity index (χ1) is 8.20. The van der Waals surface area contributed by atoms with Gasteiger partial charge < -0.3 is 0 Å². The molecule has 0 unspecified atom stereocenters. The molecule has 1 aromatic carbocycles. The average Bonchev–Trinajstić information content (AvgIpc) is 2.61. The molecule has 0 N–H and O–H groups in total. The predicted molar refractivity (Wildman–Crippen MR) is 66.6 cm³/mol. The number of para-hydroxylation sites is 1. The van der Waals surface area contributed by atoms with Crippen LogP contribution in [-0.2, 0) is 0 Å². The van der Waals surface area contributed by atoms with Crippen molar-refractivity contribution in [3.05, 3.63) is 51.8 Å². The molecule has 0 bridgehead atoms. The van der Waals surface area contributed by atoms with Crippen molar-refractivity contribution in [2.24, 2.45) is 0 Å². The van der Waals surface area contributed by atoms with Crippen molar-refractivity contribution in [2.75, 3.05) is 0 Å². The zero-order chi connectivity index (χ0) is 12.4. The zero-order valence-corrected chi connectivity index (χ0v) is 10.1. The number of carbonyl (C=O) groups excluding carboxylic acids is 2. The van der Waals surface area contributed by atoms with E-state index >= 15 is 0 Å². The predicted octanol–water partition coefficient (Wildman–Crippen LogP) is 3.41. The van der Waals surface area contributed by atoms with Gasteiger partial charge in [-0.3, -0.25) is 14.2 Å². The summed E-state index contributed by atoms with van der Waals surface area (Å²) >= 11 is 12.0. The molecule has 0 saturated heterocycles. The lowest BCUT2D eigenvalue weighted by molar-refractivity contribution is 0.111. The smallest absolute Gasteiger partial charge is 0.168 e. The van der Waals surface area contributed by atoms with Crippen LogP contribution in [0.1, 0.15) is 20.8 Å². The Morgan fingerprint density at radius 2 is 1.65 bits per heavy atom. The minimum atomic E-state index is 0.0730. The molecule has 86 valence electrons. The highest BCUT2D eigenvalue weighted by molar-refractivity contribution is 6.40. The van der Waals surface area contributed by atoms with Gasteiger partial charge >= 0.3 is 0 Å². The summed E-state index contributed by atoms with van der Waals surface area (Å²) in [5, 5.41) is 0.210. The first kappa shape index (κ1) is 11.9. The van der Waals surface area contributed by atoms with Gasteiger partial charge in [0.1, 0.15) is 10.8 Å². The van der Waals surface area contributed by atoms with Crippen molar-refractivity contribution in [2.45, 2.75) is 0 Å². The molecule has 0 spiro atoms. The van der Waals surface area contributed by atoms with E-state index in [9.17, 15) is 9.59 Å². The molecule has 1 aromatic heterocycles. The lowest BCUT2D eigenvalue weighted by atomic mass is 10.3. The number of hydrogen-bond donors (Lipinski definition) is 0. The lowest BCUT2D eigenvalue weighted by Gasteiger charge is -2.06. The van der Waals surface area contributed by atoms with Crippen LogP contribution in [0.4, 0.5) is 0 Å². The monoisotopic (exact) mass is 267 g/mol. The van der Waals surface area contributed by atoms with E-state index in [4.69, 9.17) is 23.2 Å². The van der Waals surface area contributed by atoms with E-state index in [1.54, 1.807) is 24.3 Å². The van der Waals surface area contributed by atoms with Gasteiger partial charge in [-0.25, -0.2) is 0 Å². The third kappa shape index (κ3) is 1.88. The lowest BCUT2D eigenvalue weighted by Crippen LogP contribution is -1.99. The van der Waals surface area contributed by atoms with E-state index in [0.29, 0.717) is 18.3 Å². The molecule has 5 heteroatoms. The minimum Gasteiger partial charge on any atom is -0.298 e. The third-order valence-electron chi connectivity index (χ3n) is 2.36. The Labute approximate surface area is 108 Å². The van der Waals surface area contributed by atoms with Crippen LogP contribution in [0.2, 0.25) is 10.2 Å². The number of rotatable bonds is 3. The highest BCUT2D eigenvalue weighted by atomic mass is 35.5. The second-order valence-electron chi connectivity index (χ2n) is 3.31. The molecule has 0 radical (unpaired) electrons. The quantitative estimate of drug-likeness (QED) is 0.800. The van der Waals surface area contributed by atoms with Gasteiger partial charge in [-0.2, -0.15) is 0 Å². The number of carbonyl (C=O) groups is 2. The summed E-state index contributed by atoms with van der Waals surface area (Å²) in [6.07, 6.45) is 1.12. The fourth-order valence-electron chi connectivity index (χ4n) is 1.59. The number of nitrogens with zero attached hydrogens (tertiary/aromatic N) is 1. The first-order valence-electron chi connectivity index (χ1n) is 4.76. The van der Waals surface area contributed by atoms with Gasteiger partial charge in [0.05, 0.1) is 10.6 Å². The number of aldehydes is 2. The fourth-order valence-corrected chi connectivity index (χ4v) is 2.23. The maximum Gasteiger partial charge on any atom is 0.168 e. The Balaban J connectivity index is 2.78. The molecular formula is C12H7Cl2NO2. The van der Waals surface area contributed by atoms with Crippen LogP contribution in [0, 0.1) is 0 Å². The van der Waals surface area contributed by atoms with E-state index in [-0.39, 0.29) is 21.4 Å². The van der Waals surface area contributed by atoms with Crippen LogP contribution >= 0.6 is 23.2 Å². The standard InChI is InChI=1S/C12H7Cl2NO2/c13-11-9(6-16)12(14)15(10(11)7-17)8-4-2-1-3-5-8/h1-7H. The molecular weight excluding hydrogens is 261 g/mol. The Kier molecular flexibility index (Phi) is 3.31. The van der Waals surface area contributed by atoms with Gasteiger partial charge in [0.15, 0.2) is 12.6 Å². The molecule has 2 aromatic rings. The molecule has 0 aliphatic heterocycles. The van der Waals surface area contributed by atoms with Crippen molar-refractivity contribution in [3.63, 3.8) is 0 Å². The third-order valence-corrected chi connectivity index (χ3v) is 3.13. The van der Waals surface area contributed by atoms with Gasteiger partial charge in [-0.15, -0.1) is 0 Å². The topological polar surface area (TPSA) is 39.1 Å². The normalized spacial score (nSPS) is 10.2. The molecule has 3 nitrogen and oxygen atoms in total. The Bertz CT molecular complexity index is 576. The second-order valence-corrected chi connectivity index (χ2v) is 4.05. The molecule has 1 heterocycles. The molecule has 0 amide bonds. The van der Waals surface area contributed by atoms with Gasteiger partial charge in [0, 0.05) is 5.69 Å². The van der Waals surface area contributed by atoms with Crippen LogP contribution in [0.5, 0.6) is 0 Å². The minimum absolute atomic E-state index is 0.0730. The van der Waals surface area contributed by atoms with E-state index < -0.39 is 0 Å². The second kappa shape index (κ2) is 4.73. The van der Waals surface area contributed by atoms with Crippen LogP contribution in [0.3, 0.4) is 0 Å². The molecule has 0 atom stereocenters. The summed E-state index contributed by atoms with van der Waals surface area (Å²) in [4.78, 5) is 21.9. The molecule has 0 saturated carbocycles. The van der Waals surface area contributed by atoms with Crippen LogP contribution in [-0.4, -0.2) is 17.1 Å². The molecule has 17 heavy (non-hydrogen) atoms. The highest BCUT2D eigenvalue weighted by Crippen LogP contribution is 2.32. The Hall–Kier alpha value is -1.58. The SMILES string of the molecule is O=Cc1c(Cl)c(C=O)n(-c2ccccc2)c1Cl. The number of aromatic nitrogens is 1. The van der Waals surface area contributed by atoms with Crippen molar-refractivity contribution in [1.82, 2.24) is 4.57 Å². The average molecular weight is 268 g/mol. The van der Waals surface area contributed by atoms with Crippen LogP contribution in [0.15, 0.2) is 30.3 Å². The number of benzene rings is 1. The summed E-state index contributed by atoms with van der Waals surface area (Å²) in [7, 11) is 0. The van der Waals surface area contributed by atoms with E-state index in [0.717, 1.165) is 0 Å². The fraction of sp³-hybridized carbons (Fsp3) is 0. The molecule has 0 aliphatic carbocycles. The molecule has 0 aliphatic rings.